The van der Waals surface area contributed by atoms with Gasteiger partial charge in [-0.3, -0.25) is 4.79 Å². The maximum atomic E-state index is 13.8. The Morgan fingerprint density at radius 1 is 1.52 bits per heavy atom. The molecule has 5 nitrogen and oxygen atoms in total. The van der Waals surface area contributed by atoms with Gasteiger partial charge in [-0.25, -0.2) is 9.18 Å². The second kappa shape index (κ2) is 6.80. The molecule has 0 radical (unpaired) electrons. The van der Waals surface area contributed by atoms with Crippen LogP contribution in [0.2, 0.25) is 0 Å². The molecule has 7 heteroatoms. The van der Waals surface area contributed by atoms with Crippen LogP contribution in [0.3, 0.4) is 0 Å². The molecule has 0 spiro atoms. The van der Waals surface area contributed by atoms with E-state index < -0.39 is 17.8 Å². The number of benzene rings is 1. The summed E-state index contributed by atoms with van der Waals surface area (Å²) in [5, 5.41) is 11.4. The number of carboxylic acid groups (broad SMARTS) is 1. The van der Waals surface area contributed by atoms with Crippen LogP contribution in [0, 0.1) is 12.7 Å². The number of hydrogen-bond donors (Lipinski definition) is 2. The van der Waals surface area contributed by atoms with Crippen molar-refractivity contribution >= 4 is 29.4 Å². The number of carboxylic acids is 1. The molecule has 1 aliphatic heterocycles. The molecule has 1 heterocycles. The zero-order valence-corrected chi connectivity index (χ0v) is 12.5. The van der Waals surface area contributed by atoms with E-state index in [1.54, 1.807) is 24.8 Å². The SMILES string of the molecule is Cc1ccc(NC(=O)N2CCSCC2CC(=O)O)c(F)c1. The van der Waals surface area contributed by atoms with Gasteiger partial charge >= 0.3 is 12.0 Å². The third-order valence-corrected chi connectivity index (χ3v) is 4.36. The van der Waals surface area contributed by atoms with E-state index in [-0.39, 0.29) is 18.2 Å². The van der Waals surface area contributed by atoms with Gasteiger partial charge in [0.1, 0.15) is 5.82 Å². The number of nitrogens with zero attached hydrogens (tertiary/aromatic N) is 1. The Morgan fingerprint density at radius 3 is 2.95 bits per heavy atom. The third-order valence-electron chi connectivity index (χ3n) is 3.26. The first-order valence-corrected chi connectivity index (χ1v) is 7.76. The molecule has 21 heavy (non-hydrogen) atoms. The normalized spacial score (nSPS) is 18.4. The Kier molecular flexibility index (Phi) is 5.06. The van der Waals surface area contributed by atoms with Gasteiger partial charge in [0, 0.05) is 18.1 Å². The van der Waals surface area contributed by atoms with Gasteiger partial charge < -0.3 is 15.3 Å². The molecule has 1 aromatic rings. The van der Waals surface area contributed by atoms with E-state index in [1.807, 2.05) is 0 Å². The first-order chi connectivity index (χ1) is 9.97. The molecule has 1 aromatic carbocycles. The summed E-state index contributed by atoms with van der Waals surface area (Å²) in [6.45, 7) is 2.22. The van der Waals surface area contributed by atoms with Gasteiger partial charge in [-0.1, -0.05) is 6.07 Å². The van der Waals surface area contributed by atoms with Crippen molar-refractivity contribution < 1.29 is 19.1 Å². The maximum Gasteiger partial charge on any atom is 0.322 e. The zero-order chi connectivity index (χ0) is 15.4. The van der Waals surface area contributed by atoms with Gasteiger partial charge in [0.25, 0.3) is 0 Å². The Labute approximate surface area is 126 Å². The van der Waals surface area contributed by atoms with Gasteiger partial charge in [-0.2, -0.15) is 11.8 Å². The molecule has 0 aromatic heterocycles. The zero-order valence-electron chi connectivity index (χ0n) is 11.6. The molecule has 2 N–H and O–H groups in total. The third kappa shape index (κ3) is 4.10. The number of thioether (sulfide) groups is 1. The van der Waals surface area contributed by atoms with Crippen molar-refractivity contribution in [2.45, 2.75) is 19.4 Å². The molecule has 2 amide bonds. The highest BCUT2D eigenvalue weighted by Gasteiger charge is 2.29. The van der Waals surface area contributed by atoms with Crippen LogP contribution in [0.1, 0.15) is 12.0 Å². The number of urea groups is 1. The predicted octanol–water partition coefficient (Wildman–Crippen LogP) is 2.56. The topological polar surface area (TPSA) is 69.6 Å². The summed E-state index contributed by atoms with van der Waals surface area (Å²) in [5.74, 6) is -0.109. The molecule has 0 bridgehead atoms. The summed E-state index contributed by atoms with van der Waals surface area (Å²) < 4.78 is 13.8. The fourth-order valence-corrected chi connectivity index (χ4v) is 3.26. The maximum absolute atomic E-state index is 13.8. The van der Waals surface area contributed by atoms with Gasteiger partial charge in [0.2, 0.25) is 0 Å². The number of aliphatic carboxylic acids is 1. The van der Waals surface area contributed by atoms with Crippen LogP contribution in [0.4, 0.5) is 14.9 Å². The standard InChI is InChI=1S/C14H17FN2O3S/c1-9-2-3-12(11(15)6-9)16-14(20)17-4-5-21-8-10(17)7-13(18)19/h2-3,6,10H,4-5,7-8H2,1H3,(H,16,20)(H,18,19). The molecule has 114 valence electrons. The van der Waals surface area contributed by atoms with Crippen LogP contribution in [-0.2, 0) is 4.79 Å². The van der Waals surface area contributed by atoms with Gasteiger partial charge in [0.05, 0.1) is 18.2 Å². The number of hydrogen-bond acceptors (Lipinski definition) is 3. The van der Waals surface area contributed by atoms with Crippen LogP contribution in [0.5, 0.6) is 0 Å². The first kappa shape index (κ1) is 15.6. The van der Waals surface area contributed by atoms with Crippen molar-refractivity contribution in [2.75, 3.05) is 23.4 Å². The quantitative estimate of drug-likeness (QED) is 0.900. The number of nitrogens with one attached hydrogen (secondary N) is 1. The Bertz CT molecular complexity index is 553. The van der Waals surface area contributed by atoms with Crippen LogP contribution >= 0.6 is 11.8 Å². The number of carbonyl (C=O) groups is 2. The summed E-state index contributed by atoms with van der Waals surface area (Å²) >= 11 is 1.62. The second-order valence-corrected chi connectivity index (χ2v) is 6.08. The fourth-order valence-electron chi connectivity index (χ4n) is 2.20. The lowest BCUT2D eigenvalue weighted by molar-refractivity contribution is -0.137. The Morgan fingerprint density at radius 2 is 2.29 bits per heavy atom. The number of aryl methyl sites for hydroxylation is 1. The minimum absolute atomic E-state index is 0.100. The molecule has 0 aliphatic carbocycles. The smallest absolute Gasteiger partial charge is 0.322 e. The van der Waals surface area contributed by atoms with Crippen molar-refractivity contribution in [1.82, 2.24) is 4.90 Å². The predicted molar refractivity (Wildman–Crippen MR) is 80.2 cm³/mol. The molecule has 1 unspecified atom stereocenters. The highest BCUT2D eigenvalue weighted by Crippen LogP contribution is 2.21. The summed E-state index contributed by atoms with van der Waals surface area (Å²) in [6, 6.07) is 3.74. The Balaban J connectivity index is 2.08. The van der Waals surface area contributed by atoms with E-state index in [9.17, 15) is 14.0 Å². The van der Waals surface area contributed by atoms with Crippen molar-refractivity contribution in [3.05, 3.63) is 29.6 Å². The number of halogens is 1. The fraction of sp³-hybridized carbons (Fsp3) is 0.429. The van der Waals surface area contributed by atoms with E-state index in [0.717, 1.165) is 11.3 Å². The monoisotopic (exact) mass is 312 g/mol. The van der Waals surface area contributed by atoms with Crippen LogP contribution in [0.25, 0.3) is 0 Å². The van der Waals surface area contributed by atoms with E-state index in [4.69, 9.17) is 5.11 Å². The molecule has 1 aliphatic rings. The van der Waals surface area contributed by atoms with Crippen molar-refractivity contribution in [3.63, 3.8) is 0 Å². The minimum Gasteiger partial charge on any atom is -0.481 e. The van der Waals surface area contributed by atoms with Crippen molar-refractivity contribution in [3.8, 4) is 0 Å². The minimum atomic E-state index is -0.943. The molecular formula is C14H17FN2O3S. The highest BCUT2D eigenvalue weighted by atomic mass is 32.2. The highest BCUT2D eigenvalue weighted by molar-refractivity contribution is 7.99. The molecule has 1 atom stereocenters. The van der Waals surface area contributed by atoms with E-state index in [2.05, 4.69) is 5.32 Å². The van der Waals surface area contributed by atoms with Crippen LogP contribution < -0.4 is 5.32 Å². The lowest BCUT2D eigenvalue weighted by Gasteiger charge is -2.34. The first-order valence-electron chi connectivity index (χ1n) is 6.60. The van der Waals surface area contributed by atoms with E-state index in [1.165, 1.54) is 17.0 Å². The molecule has 1 fully saturated rings. The molecule has 1 saturated heterocycles. The largest absolute Gasteiger partial charge is 0.481 e. The second-order valence-electron chi connectivity index (χ2n) is 4.93. The molecule has 2 rings (SSSR count). The molecule has 0 saturated carbocycles. The summed E-state index contributed by atoms with van der Waals surface area (Å²) in [7, 11) is 0. The van der Waals surface area contributed by atoms with Crippen LogP contribution in [-0.4, -0.2) is 46.1 Å². The van der Waals surface area contributed by atoms with Crippen molar-refractivity contribution in [1.29, 1.82) is 0 Å². The summed E-state index contributed by atoms with van der Waals surface area (Å²) in [6.07, 6.45) is -0.100. The lowest BCUT2D eigenvalue weighted by Crippen LogP contribution is -2.49. The van der Waals surface area contributed by atoms with Crippen LogP contribution in [0.15, 0.2) is 18.2 Å². The average Bonchev–Trinajstić information content (AvgIpc) is 2.42. The number of rotatable bonds is 3. The number of anilines is 1. The van der Waals surface area contributed by atoms with Gasteiger partial charge in [-0.15, -0.1) is 0 Å². The number of amides is 2. The van der Waals surface area contributed by atoms with Crippen molar-refractivity contribution in [2.24, 2.45) is 0 Å². The average molecular weight is 312 g/mol. The lowest BCUT2D eigenvalue weighted by atomic mass is 10.2. The Hall–Kier alpha value is -1.76. The number of carbonyl (C=O) groups excluding carboxylic acids is 1. The summed E-state index contributed by atoms with van der Waals surface area (Å²) in [5.41, 5.74) is 0.876. The van der Waals surface area contributed by atoms with Gasteiger partial charge in [0.15, 0.2) is 0 Å². The van der Waals surface area contributed by atoms with E-state index in [0.29, 0.717) is 12.3 Å². The van der Waals surface area contributed by atoms with Gasteiger partial charge in [-0.05, 0) is 24.6 Å². The summed E-state index contributed by atoms with van der Waals surface area (Å²) in [4.78, 5) is 24.6. The van der Waals surface area contributed by atoms with E-state index >= 15 is 0 Å². The molecular weight excluding hydrogens is 295 g/mol.